The van der Waals surface area contributed by atoms with Crippen LogP contribution in [0.3, 0.4) is 0 Å². The Hall–Kier alpha value is -1.12. The van der Waals surface area contributed by atoms with Gasteiger partial charge in [-0.15, -0.1) is 0 Å². The molecule has 5 nitrogen and oxygen atoms in total. The second-order valence-electron chi connectivity index (χ2n) is 4.46. The number of carbonyl (C=O) groups excluding carboxylic acids is 1. The van der Waals surface area contributed by atoms with E-state index >= 15 is 0 Å². The molecular weight excluding hydrogens is 232 g/mol. The van der Waals surface area contributed by atoms with Gasteiger partial charge < -0.3 is 14.4 Å². The van der Waals surface area contributed by atoms with E-state index in [1.165, 1.54) is 0 Å². The fraction of sp³-hybridized carbons (Fsp3) is 0.846. The summed E-state index contributed by atoms with van der Waals surface area (Å²) in [6, 6.07) is 2.09. The predicted octanol–water partition coefficient (Wildman–Crippen LogP) is 1.44. The lowest BCUT2D eigenvalue weighted by atomic mass is 9.85. The van der Waals surface area contributed by atoms with Crippen molar-refractivity contribution in [1.29, 1.82) is 5.26 Å². The maximum absolute atomic E-state index is 11.9. The molecule has 104 valence electrons. The number of carbonyl (C=O) groups is 1. The van der Waals surface area contributed by atoms with Gasteiger partial charge in [0.25, 0.3) is 0 Å². The molecule has 0 aliphatic carbocycles. The van der Waals surface area contributed by atoms with E-state index in [1.807, 2.05) is 25.9 Å². The Morgan fingerprint density at radius 2 is 2.00 bits per heavy atom. The van der Waals surface area contributed by atoms with Gasteiger partial charge in [-0.2, -0.15) is 5.26 Å². The molecule has 0 aromatic heterocycles. The molecule has 0 saturated carbocycles. The van der Waals surface area contributed by atoms with E-state index in [0.717, 1.165) is 13.0 Å². The molecule has 0 aromatic carbocycles. The highest BCUT2D eigenvalue weighted by atomic mass is 16.5. The van der Waals surface area contributed by atoms with Crippen LogP contribution in [0.5, 0.6) is 0 Å². The Morgan fingerprint density at radius 3 is 2.44 bits per heavy atom. The summed E-state index contributed by atoms with van der Waals surface area (Å²) in [5.74, 6) is -0.472. The van der Waals surface area contributed by atoms with Crippen LogP contribution in [0.1, 0.15) is 26.7 Å². The number of hydrogen-bond donors (Lipinski definition) is 0. The fourth-order valence-electron chi connectivity index (χ4n) is 1.61. The Labute approximate surface area is 110 Å². The zero-order chi connectivity index (χ0) is 14.0. The molecule has 0 aromatic rings. The van der Waals surface area contributed by atoms with Crippen LogP contribution in [0.15, 0.2) is 0 Å². The second-order valence-corrected chi connectivity index (χ2v) is 4.46. The van der Waals surface area contributed by atoms with E-state index in [-0.39, 0.29) is 13.2 Å². The van der Waals surface area contributed by atoms with Crippen LogP contribution < -0.4 is 0 Å². The third-order valence-electron chi connectivity index (χ3n) is 2.64. The normalized spacial score (nSPS) is 14.0. The molecule has 5 heteroatoms. The minimum Gasteiger partial charge on any atom is -0.465 e. The first-order chi connectivity index (χ1) is 8.52. The summed E-state index contributed by atoms with van der Waals surface area (Å²) in [6.45, 7) is 5.27. The number of hydrogen-bond acceptors (Lipinski definition) is 5. The van der Waals surface area contributed by atoms with E-state index in [2.05, 4.69) is 6.07 Å². The fourth-order valence-corrected chi connectivity index (χ4v) is 1.61. The van der Waals surface area contributed by atoms with Crippen molar-refractivity contribution < 1.29 is 14.3 Å². The smallest absolute Gasteiger partial charge is 0.328 e. The number of rotatable bonds is 9. The van der Waals surface area contributed by atoms with Crippen LogP contribution >= 0.6 is 0 Å². The summed E-state index contributed by atoms with van der Waals surface area (Å²) in [7, 11) is 3.92. The molecule has 0 aliphatic rings. The third kappa shape index (κ3) is 5.48. The molecule has 0 aliphatic heterocycles. The lowest BCUT2D eigenvalue weighted by Gasteiger charge is -2.24. The molecule has 0 N–H and O–H groups in total. The van der Waals surface area contributed by atoms with Crippen molar-refractivity contribution in [1.82, 2.24) is 4.90 Å². The van der Waals surface area contributed by atoms with Gasteiger partial charge in [0, 0.05) is 6.61 Å². The van der Waals surface area contributed by atoms with Gasteiger partial charge in [-0.25, -0.2) is 0 Å². The zero-order valence-electron chi connectivity index (χ0n) is 11.9. The highest BCUT2D eigenvalue weighted by Crippen LogP contribution is 2.26. The van der Waals surface area contributed by atoms with Crippen molar-refractivity contribution in [2.45, 2.75) is 26.7 Å². The third-order valence-corrected chi connectivity index (χ3v) is 2.64. The molecule has 0 rings (SSSR count). The van der Waals surface area contributed by atoms with E-state index < -0.39 is 11.4 Å². The Kier molecular flexibility index (Phi) is 8.34. The number of nitriles is 1. The average Bonchev–Trinajstić information content (AvgIpc) is 2.33. The van der Waals surface area contributed by atoms with Gasteiger partial charge in [0.2, 0.25) is 0 Å². The van der Waals surface area contributed by atoms with Crippen LogP contribution in [0, 0.1) is 16.7 Å². The monoisotopic (exact) mass is 256 g/mol. The Bertz CT molecular complexity index is 286. The van der Waals surface area contributed by atoms with Gasteiger partial charge in [-0.05, 0) is 47.3 Å². The second kappa shape index (κ2) is 8.90. The zero-order valence-corrected chi connectivity index (χ0v) is 11.9. The van der Waals surface area contributed by atoms with Gasteiger partial charge in [-0.1, -0.05) is 0 Å². The molecule has 0 fully saturated rings. The van der Waals surface area contributed by atoms with Crippen LogP contribution in [-0.4, -0.2) is 51.3 Å². The van der Waals surface area contributed by atoms with E-state index in [9.17, 15) is 10.1 Å². The van der Waals surface area contributed by atoms with E-state index in [1.54, 1.807) is 6.92 Å². The molecule has 18 heavy (non-hydrogen) atoms. The Balaban J connectivity index is 4.65. The summed E-state index contributed by atoms with van der Waals surface area (Å²) in [5, 5.41) is 9.32. The van der Waals surface area contributed by atoms with E-state index in [4.69, 9.17) is 9.47 Å². The van der Waals surface area contributed by atoms with Crippen molar-refractivity contribution in [2.24, 2.45) is 5.41 Å². The summed E-state index contributed by atoms with van der Waals surface area (Å²) >= 11 is 0. The molecule has 0 heterocycles. The molecular formula is C13H24N2O3. The van der Waals surface area contributed by atoms with Crippen molar-refractivity contribution in [3.63, 3.8) is 0 Å². The minimum atomic E-state index is -1.16. The minimum absolute atomic E-state index is 0.103. The number of esters is 1. The number of nitrogens with zero attached hydrogens (tertiary/aromatic N) is 2. The maximum atomic E-state index is 11.9. The SMILES string of the molecule is CCOCC(C#N)(CCCN(C)C)C(=O)OCC. The molecule has 0 saturated heterocycles. The lowest BCUT2D eigenvalue weighted by Crippen LogP contribution is -2.37. The van der Waals surface area contributed by atoms with E-state index in [0.29, 0.717) is 13.0 Å². The number of ether oxygens (including phenoxy) is 2. The predicted molar refractivity (Wildman–Crippen MR) is 69.0 cm³/mol. The van der Waals surface area contributed by atoms with Gasteiger partial charge in [0.1, 0.15) is 0 Å². The quantitative estimate of drug-likeness (QED) is 0.584. The van der Waals surface area contributed by atoms with Gasteiger partial charge >= 0.3 is 5.97 Å². The maximum Gasteiger partial charge on any atom is 0.328 e. The van der Waals surface area contributed by atoms with Crippen molar-refractivity contribution >= 4 is 5.97 Å². The van der Waals surface area contributed by atoms with Gasteiger partial charge in [0.15, 0.2) is 5.41 Å². The van der Waals surface area contributed by atoms with Crippen molar-refractivity contribution in [3.8, 4) is 6.07 Å². The van der Waals surface area contributed by atoms with Crippen LogP contribution in [-0.2, 0) is 14.3 Å². The summed E-state index contributed by atoms with van der Waals surface area (Å²) in [5.41, 5.74) is -1.16. The largest absolute Gasteiger partial charge is 0.465 e. The molecule has 1 unspecified atom stereocenters. The summed E-state index contributed by atoms with van der Waals surface area (Å²) in [4.78, 5) is 14.0. The van der Waals surface area contributed by atoms with Crippen LogP contribution in [0.2, 0.25) is 0 Å². The van der Waals surface area contributed by atoms with Crippen molar-refractivity contribution in [3.05, 3.63) is 0 Å². The van der Waals surface area contributed by atoms with Crippen molar-refractivity contribution in [2.75, 3.05) is 40.5 Å². The van der Waals surface area contributed by atoms with Crippen LogP contribution in [0.25, 0.3) is 0 Å². The standard InChI is InChI=1S/C13H24N2O3/c1-5-17-11-13(10-14,12(16)18-6-2)8-7-9-15(3)4/h5-9,11H2,1-4H3. The highest BCUT2D eigenvalue weighted by Gasteiger charge is 2.40. The first-order valence-corrected chi connectivity index (χ1v) is 6.33. The summed E-state index contributed by atoms with van der Waals surface area (Å²) < 4.78 is 10.3. The molecule has 1 atom stereocenters. The first-order valence-electron chi connectivity index (χ1n) is 6.33. The summed E-state index contributed by atoms with van der Waals surface area (Å²) in [6.07, 6.45) is 1.22. The lowest BCUT2D eigenvalue weighted by molar-refractivity contribution is -0.155. The Morgan fingerprint density at radius 1 is 1.33 bits per heavy atom. The average molecular weight is 256 g/mol. The highest BCUT2D eigenvalue weighted by molar-refractivity contribution is 5.80. The molecule has 0 amide bonds. The van der Waals surface area contributed by atoms with Gasteiger partial charge in [-0.3, -0.25) is 4.79 Å². The molecule has 0 radical (unpaired) electrons. The topological polar surface area (TPSA) is 62.6 Å². The van der Waals surface area contributed by atoms with Crippen LogP contribution in [0.4, 0.5) is 0 Å². The molecule has 0 bridgehead atoms. The molecule has 0 spiro atoms. The van der Waals surface area contributed by atoms with Gasteiger partial charge in [0.05, 0.1) is 19.3 Å². The first kappa shape index (κ1) is 16.9.